The lowest BCUT2D eigenvalue weighted by Gasteiger charge is -2.61. The molecule has 4 saturated carbocycles. The fourth-order valence-electron chi connectivity index (χ4n) is 18.4. The van der Waals surface area contributed by atoms with Gasteiger partial charge in [0.05, 0.1) is 25.9 Å². The number of aliphatic hydroxyl groups is 1. The van der Waals surface area contributed by atoms with Crippen molar-refractivity contribution in [2.24, 2.45) is 46.3 Å². The highest BCUT2D eigenvalue weighted by Crippen LogP contribution is 2.68. The molecule has 524 valence electrons. The maximum atomic E-state index is 14.1. The Morgan fingerprint density at radius 2 is 0.778 bits per heavy atom. The second kappa shape index (κ2) is 49.6. The van der Waals surface area contributed by atoms with Gasteiger partial charge < -0.3 is 24.1 Å². The smallest absolute Gasteiger partial charge is 0.311 e. The minimum atomic E-state index is -0.148. The van der Waals surface area contributed by atoms with Crippen LogP contribution < -0.4 is 18.9 Å². The van der Waals surface area contributed by atoms with E-state index < -0.39 is 0 Å². The van der Waals surface area contributed by atoms with Gasteiger partial charge in [0.15, 0.2) is 11.5 Å². The number of ether oxygens (including phenoxy) is 4. The highest BCUT2D eigenvalue weighted by atomic mass is 16.6. The van der Waals surface area contributed by atoms with Crippen LogP contribution in [0, 0.1) is 46.3 Å². The van der Waals surface area contributed by atoms with Crippen LogP contribution in [0.1, 0.15) is 420 Å². The van der Waals surface area contributed by atoms with Crippen LogP contribution in [-0.4, -0.2) is 37.0 Å². The average Bonchev–Trinajstić information content (AvgIpc) is 1.36. The van der Waals surface area contributed by atoms with E-state index in [-0.39, 0.29) is 12.1 Å². The van der Waals surface area contributed by atoms with Gasteiger partial charge in [-0.3, -0.25) is 4.79 Å². The van der Waals surface area contributed by atoms with E-state index in [2.05, 4.69) is 41.5 Å². The number of fused-ring (bicyclic) bond motifs is 5. The van der Waals surface area contributed by atoms with Gasteiger partial charge in [-0.25, -0.2) is 0 Å². The number of aliphatic hydroxyl groups excluding tert-OH is 1. The number of esters is 1. The molecule has 4 fully saturated rings. The summed E-state index contributed by atoms with van der Waals surface area (Å²) in [5.74, 6) is 6.65. The van der Waals surface area contributed by atoms with Crippen molar-refractivity contribution in [3.63, 3.8) is 0 Å². The molecule has 0 saturated heterocycles. The molecule has 90 heavy (non-hydrogen) atoms. The van der Waals surface area contributed by atoms with Crippen LogP contribution in [-0.2, 0) is 4.79 Å². The SMILES string of the molecule is CCCCCCCCCCCCCCCCCCOc1cc(OC(=O)CC[C@@H](C)[C@H]2CC[C@H]3[C@@H]4CCC5C[C@H](O)CC[C@]5(C)[C@H]4CC[C@]23C)cc(OCCCCCCCCCCCCCCCCCC)c1OCCCCCCCCCCCCCCCCCC. The lowest BCUT2D eigenvalue weighted by atomic mass is 9.44. The summed E-state index contributed by atoms with van der Waals surface area (Å²) in [6.45, 7) is 16.5. The molecule has 6 nitrogen and oxygen atoms in total. The van der Waals surface area contributed by atoms with Crippen molar-refractivity contribution in [3.05, 3.63) is 12.1 Å². The van der Waals surface area contributed by atoms with E-state index in [4.69, 9.17) is 18.9 Å². The minimum absolute atomic E-state index is 0.0869. The van der Waals surface area contributed by atoms with Crippen molar-refractivity contribution in [1.82, 2.24) is 0 Å². The van der Waals surface area contributed by atoms with Gasteiger partial charge in [-0.15, -0.1) is 0 Å². The van der Waals surface area contributed by atoms with Crippen LogP contribution in [0.25, 0.3) is 0 Å². The van der Waals surface area contributed by atoms with Gasteiger partial charge in [0.1, 0.15) is 5.75 Å². The van der Waals surface area contributed by atoms with E-state index >= 15 is 0 Å². The first-order valence-electron chi connectivity index (χ1n) is 41.1. The summed E-state index contributed by atoms with van der Waals surface area (Å²) >= 11 is 0. The molecule has 4 aliphatic carbocycles. The van der Waals surface area contributed by atoms with Crippen molar-refractivity contribution >= 4 is 5.97 Å². The normalized spacial score (nSPS) is 23.3. The Morgan fingerprint density at radius 3 is 1.17 bits per heavy atom. The van der Waals surface area contributed by atoms with Crippen LogP contribution >= 0.6 is 0 Å². The van der Waals surface area contributed by atoms with Gasteiger partial charge >= 0.3 is 5.97 Å². The molecule has 0 radical (unpaired) electrons. The molecule has 1 N–H and O–H groups in total. The summed E-state index contributed by atoms with van der Waals surface area (Å²) in [5, 5.41) is 10.6. The van der Waals surface area contributed by atoms with Crippen molar-refractivity contribution in [1.29, 1.82) is 0 Å². The lowest BCUT2D eigenvalue weighted by Crippen LogP contribution is -2.54. The van der Waals surface area contributed by atoms with Crippen LogP contribution in [0.3, 0.4) is 0 Å². The Labute approximate surface area is 559 Å². The Hall–Kier alpha value is -1.95. The number of carbonyl (C=O) groups excluding carboxylic acids is 1. The Balaban J connectivity index is 1.13. The molecule has 0 spiro atoms. The number of carbonyl (C=O) groups is 1. The average molecular weight is 1260 g/mol. The van der Waals surface area contributed by atoms with Gasteiger partial charge in [0, 0.05) is 18.6 Å². The predicted octanol–water partition coefficient (Wildman–Crippen LogP) is 26.9. The lowest BCUT2D eigenvalue weighted by molar-refractivity contribution is -0.135. The maximum Gasteiger partial charge on any atom is 0.311 e. The summed E-state index contributed by atoms with van der Waals surface area (Å²) in [4.78, 5) is 14.1. The summed E-state index contributed by atoms with van der Waals surface area (Å²) in [7, 11) is 0. The van der Waals surface area contributed by atoms with Gasteiger partial charge in [-0.05, 0) is 130 Å². The number of benzene rings is 1. The predicted molar refractivity (Wildman–Crippen MR) is 387 cm³/mol. The van der Waals surface area contributed by atoms with Crippen LogP contribution in [0.2, 0.25) is 0 Å². The van der Waals surface area contributed by atoms with Crippen LogP contribution in [0.4, 0.5) is 0 Å². The molecule has 6 heteroatoms. The van der Waals surface area contributed by atoms with Gasteiger partial charge in [-0.2, -0.15) is 0 Å². The van der Waals surface area contributed by atoms with Gasteiger partial charge in [0.2, 0.25) is 5.75 Å². The largest absolute Gasteiger partial charge is 0.489 e. The zero-order valence-electron chi connectivity index (χ0n) is 61.0. The van der Waals surface area contributed by atoms with E-state index in [1.165, 1.54) is 321 Å². The standard InChI is InChI=1S/C84H152O6/c1-7-10-13-16-19-22-25-28-31-34-37-40-43-46-49-52-65-87-79-69-74(90-81(86)60-55-71(4)76-58-59-77-75-57-56-72-68-73(85)61-63-83(72,5)78(75)62-64-84(76,77)6)70-80(88-66-53-50-47-44-41-38-35-32-29-26-23-20-17-14-11-8-2)82(79)89-67-54-51-48-45-42-39-36-33-30-27-24-21-18-15-12-9-3/h69-73,75-78,85H,7-68H2,1-6H3/t71-,72?,73-,75+,76-,77+,78+,83+,84-/m1/s1. The number of unbranched alkanes of at least 4 members (excludes halogenated alkanes) is 45. The zero-order chi connectivity index (χ0) is 64.0. The van der Waals surface area contributed by atoms with Gasteiger partial charge in [0.25, 0.3) is 0 Å². The molecule has 5 rings (SSSR count). The molecule has 9 atom stereocenters. The van der Waals surface area contributed by atoms with E-state index in [0.29, 0.717) is 77.8 Å². The van der Waals surface area contributed by atoms with Crippen molar-refractivity contribution in [3.8, 4) is 23.0 Å². The van der Waals surface area contributed by atoms with Crippen LogP contribution in [0.15, 0.2) is 12.1 Å². The van der Waals surface area contributed by atoms with Crippen molar-refractivity contribution in [2.75, 3.05) is 19.8 Å². The summed E-state index contributed by atoms with van der Waals surface area (Å²) in [6.07, 6.45) is 77.0. The first-order valence-corrected chi connectivity index (χ1v) is 41.1. The molecule has 1 unspecified atom stereocenters. The number of rotatable bonds is 59. The third kappa shape index (κ3) is 30.8. The fraction of sp³-hybridized carbons (Fsp3) is 0.917. The van der Waals surface area contributed by atoms with Crippen molar-refractivity contribution < 1.29 is 28.8 Å². The highest BCUT2D eigenvalue weighted by Gasteiger charge is 2.60. The third-order valence-electron chi connectivity index (χ3n) is 24.2. The molecule has 4 aliphatic rings. The Bertz CT molecular complexity index is 1820. The number of hydrogen-bond acceptors (Lipinski definition) is 6. The minimum Gasteiger partial charge on any atom is -0.489 e. The Kier molecular flexibility index (Phi) is 43.4. The summed E-state index contributed by atoms with van der Waals surface area (Å²) in [6, 6.07) is 3.89. The topological polar surface area (TPSA) is 74.2 Å². The molecule has 0 aliphatic heterocycles. The number of hydrogen-bond donors (Lipinski definition) is 1. The van der Waals surface area contributed by atoms with Gasteiger partial charge in [-0.1, -0.05) is 330 Å². The monoisotopic (exact) mass is 1260 g/mol. The first-order chi connectivity index (χ1) is 44.1. The first kappa shape index (κ1) is 78.7. The molecular weight excluding hydrogens is 1100 g/mol. The maximum absolute atomic E-state index is 14.1. The highest BCUT2D eigenvalue weighted by molar-refractivity contribution is 5.73. The third-order valence-corrected chi connectivity index (χ3v) is 24.2. The van der Waals surface area contributed by atoms with Crippen molar-refractivity contribution in [2.45, 2.75) is 426 Å². The quantitative estimate of drug-likeness (QED) is 0.0398. The van der Waals surface area contributed by atoms with Crippen LogP contribution in [0.5, 0.6) is 23.0 Å². The summed E-state index contributed by atoms with van der Waals surface area (Å²) < 4.78 is 26.6. The van der Waals surface area contributed by atoms with E-state index in [1.807, 2.05) is 12.1 Å². The second-order valence-corrected chi connectivity index (χ2v) is 31.5. The summed E-state index contributed by atoms with van der Waals surface area (Å²) in [5.41, 5.74) is 0.751. The van der Waals surface area contributed by atoms with E-state index in [9.17, 15) is 9.90 Å². The molecule has 0 bridgehead atoms. The second-order valence-electron chi connectivity index (χ2n) is 31.5. The zero-order valence-corrected chi connectivity index (χ0v) is 61.0. The molecule has 1 aromatic rings. The van der Waals surface area contributed by atoms with E-state index in [1.54, 1.807) is 0 Å². The molecule has 0 aromatic heterocycles. The Morgan fingerprint density at radius 1 is 0.433 bits per heavy atom. The molecule has 0 heterocycles. The molecular formula is C84H152O6. The fourth-order valence-corrected chi connectivity index (χ4v) is 18.4. The molecule has 1 aromatic carbocycles. The van der Waals surface area contributed by atoms with E-state index in [0.717, 1.165) is 69.1 Å². The molecule has 0 amide bonds.